The van der Waals surface area contributed by atoms with E-state index in [-0.39, 0.29) is 5.91 Å². The third kappa shape index (κ3) is 3.83. The number of amides is 1. The molecule has 0 saturated heterocycles. The minimum Gasteiger partial charge on any atom is -0.497 e. The Hall–Kier alpha value is -2.97. The van der Waals surface area contributed by atoms with Crippen molar-refractivity contribution in [3.8, 4) is 26.9 Å². The van der Waals surface area contributed by atoms with Crippen LogP contribution >= 0.6 is 22.7 Å². The molecule has 0 fully saturated rings. The Morgan fingerprint density at radius 2 is 2.14 bits per heavy atom. The molecule has 0 unspecified atom stereocenters. The van der Waals surface area contributed by atoms with Crippen LogP contribution in [0.4, 0.5) is 0 Å². The maximum atomic E-state index is 12.5. The Labute approximate surface area is 170 Å². The fourth-order valence-electron chi connectivity index (χ4n) is 2.72. The van der Waals surface area contributed by atoms with Crippen LogP contribution in [0, 0.1) is 6.92 Å². The number of carbonyl (C=O) groups excluding carboxylic acids is 1. The van der Waals surface area contributed by atoms with Crippen LogP contribution in [0.25, 0.3) is 21.1 Å². The Morgan fingerprint density at radius 3 is 2.93 bits per heavy atom. The lowest BCUT2D eigenvalue weighted by Crippen LogP contribution is -2.23. The maximum Gasteiger partial charge on any atom is 0.269 e. The molecule has 28 heavy (non-hydrogen) atoms. The monoisotopic (exact) mass is 410 g/mol. The number of thiophene rings is 1. The van der Waals surface area contributed by atoms with Crippen LogP contribution in [0.5, 0.6) is 5.75 Å². The number of H-pyrrole nitrogens is 1. The lowest BCUT2D eigenvalue weighted by atomic mass is 10.1. The van der Waals surface area contributed by atoms with Gasteiger partial charge in [0.25, 0.3) is 5.91 Å². The largest absolute Gasteiger partial charge is 0.497 e. The number of hydrogen-bond donors (Lipinski definition) is 2. The van der Waals surface area contributed by atoms with Crippen molar-refractivity contribution in [1.29, 1.82) is 0 Å². The predicted molar refractivity (Wildman–Crippen MR) is 112 cm³/mol. The molecule has 0 saturated carbocycles. The topological polar surface area (TPSA) is 79.9 Å². The quantitative estimate of drug-likeness (QED) is 0.490. The number of hydrogen-bond acceptors (Lipinski definition) is 6. The van der Waals surface area contributed by atoms with Gasteiger partial charge in [0.05, 0.1) is 29.9 Å². The van der Waals surface area contributed by atoms with Gasteiger partial charge in [0.15, 0.2) is 0 Å². The molecule has 0 aliphatic carbocycles. The van der Waals surface area contributed by atoms with Gasteiger partial charge in [-0.05, 0) is 36.6 Å². The molecule has 1 amide bonds. The van der Waals surface area contributed by atoms with Crippen molar-refractivity contribution < 1.29 is 9.53 Å². The lowest BCUT2D eigenvalue weighted by molar-refractivity contribution is 0.0946. The summed E-state index contributed by atoms with van der Waals surface area (Å²) in [5, 5.41) is 13.0. The molecule has 142 valence electrons. The van der Waals surface area contributed by atoms with Crippen molar-refractivity contribution in [2.45, 2.75) is 13.5 Å². The average molecular weight is 411 g/mol. The van der Waals surface area contributed by atoms with E-state index in [0.717, 1.165) is 31.8 Å². The van der Waals surface area contributed by atoms with Gasteiger partial charge in [-0.3, -0.25) is 9.89 Å². The molecule has 0 bridgehead atoms. The summed E-state index contributed by atoms with van der Waals surface area (Å²) in [5.41, 5.74) is 2.93. The number of aromatic nitrogens is 3. The van der Waals surface area contributed by atoms with E-state index in [9.17, 15) is 4.79 Å². The SMILES string of the molecule is COc1cccc(-c2cc(C(=O)NCc3sc(-c4cccs4)nc3C)[nH]n2)c1. The smallest absolute Gasteiger partial charge is 0.269 e. The van der Waals surface area contributed by atoms with Crippen molar-refractivity contribution in [2.75, 3.05) is 7.11 Å². The summed E-state index contributed by atoms with van der Waals surface area (Å²) in [5.74, 6) is 0.542. The van der Waals surface area contributed by atoms with Gasteiger partial charge in [0.2, 0.25) is 0 Å². The highest BCUT2D eigenvalue weighted by molar-refractivity contribution is 7.21. The normalized spacial score (nSPS) is 10.8. The van der Waals surface area contributed by atoms with Crippen molar-refractivity contribution in [1.82, 2.24) is 20.5 Å². The zero-order chi connectivity index (χ0) is 19.5. The summed E-state index contributed by atoms with van der Waals surface area (Å²) in [6.45, 7) is 2.40. The Bertz CT molecular complexity index is 1100. The van der Waals surface area contributed by atoms with Gasteiger partial charge in [-0.15, -0.1) is 22.7 Å². The summed E-state index contributed by atoms with van der Waals surface area (Å²) in [6.07, 6.45) is 0. The summed E-state index contributed by atoms with van der Waals surface area (Å²) in [6, 6.07) is 13.4. The summed E-state index contributed by atoms with van der Waals surface area (Å²) in [7, 11) is 1.62. The first-order chi connectivity index (χ1) is 13.6. The molecule has 4 aromatic rings. The van der Waals surface area contributed by atoms with E-state index in [1.165, 1.54) is 0 Å². The first-order valence-electron chi connectivity index (χ1n) is 8.62. The van der Waals surface area contributed by atoms with E-state index in [1.54, 1.807) is 35.8 Å². The minimum absolute atomic E-state index is 0.202. The number of nitrogens with one attached hydrogen (secondary N) is 2. The van der Waals surface area contributed by atoms with E-state index in [1.807, 2.05) is 42.6 Å². The Morgan fingerprint density at radius 1 is 1.25 bits per heavy atom. The zero-order valence-corrected chi connectivity index (χ0v) is 17.0. The highest BCUT2D eigenvalue weighted by atomic mass is 32.1. The molecule has 4 rings (SSSR count). The van der Waals surface area contributed by atoms with Gasteiger partial charge >= 0.3 is 0 Å². The molecule has 0 atom stereocenters. The van der Waals surface area contributed by atoms with Gasteiger partial charge in [0, 0.05) is 10.4 Å². The Balaban J connectivity index is 1.44. The van der Waals surface area contributed by atoms with Crippen LogP contribution in [-0.4, -0.2) is 28.2 Å². The molecular weight excluding hydrogens is 392 g/mol. The molecular formula is C20H18N4O2S2. The third-order valence-corrected chi connectivity index (χ3v) is 6.42. The van der Waals surface area contributed by atoms with Crippen molar-refractivity contribution >= 4 is 28.6 Å². The molecule has 8 heteroatoms. The van der Waals surface area contributed by atoms with Crippen LogP contribution in [0.3, 0.4) is 0 Å². The van der Waals surface area contributed by atoms with Crippen LogP contribution in [0.15, 0.2) is 47.8 Å². The number of aromatic amines is 1. The third-order valence-electron chi connectivity index (χ3n) is 4.22. The van der Waals surface area contributed by atoms with Gasteiger partial charge in [-0.2, -0.15) is 5.10 Å². The molecule has 3 aromatic heterocycles. The zero-order valence-electron chi connectivity index (χ0n) is 15.4. The van der Waals surface area contributed by atoms with Gasteiger partial charge in [0.1, 0.15) is 16.5 Å². The van der Waals surface area contributed by atoms with E-state index in [4.69, 9.17) is 4.74 Å². The summed E-state index contributed by atoms with van der Waals surface area (Å²) in [4.78, 5) is 19.3. The number of methoxy groups -OCH3 is 1. The predicted octanol–water partition coefficient (Wildman–Crippen LogP) is 4.51. The number of ether oxygens (including phenoxy) is 1. The van der Waals surface area contributed by atoms with E-state index in [2.05, 4.69) is 26.6 Å². The second-order valence-electron chi connectivity index (χ2n) is 6.09. The number of aryl methyl sites for hydroxylation is 1. The van der Waals surface area contributed by atoms with Crippen LogP contribution in [-0.2, 0) is 6.54 Å². The number of thiazole rings is 1. The fraction of sp³-hybridized carbons (Fsp3) is 0.150. The molecule has 1 aromatic carbocycles. The number of benzene rings is 1. The average Bonchev–Trinajstić information content (AvgIpc) is 3.47. The van der Waals surface area contributed by atoms with Crippen LogP contribution < -0.4 is 10.1 Å². The summed E-state index contributed by atoms with van der Waals surface area (Å²) >= 11 is 3.27. The van der Waals surface area contributed by atoms with E-state index < -0.39 is 0 Å². The van der Waals surface area contributed by atoms with Gasteiger partial charge < -0.3 is 10.1 Å². The minimum atomic E-state index is -0.202. The fourth-order valence-corrected chi connectivity index (χ4v) is 4.52. The van der Waals surface area contributed by atoms with E-state index in [0.29, 0.717) is 17.9 Å². The van der Waals surface area contributed by atoms with E-state index >= 15 is 0 Å². The number of nitrogens with zero attached hydrogens (tertiary/aromatic N) is 2. The lowest BCUT2D eigenvalue weighted by Gasteiger charge is -2.02. The van der Waals surface area contributed by atoms with Crippen molar-refractivity contribution in [3.63, 3.8) is 0 Å². The molecule has 0 aliphatic heterocycles. The molecule has 0 spiro atoms. The molecule has 6 nitrogen and oxygen atoms in total. The van der Waals surface area contributed by atoms with Crippen LogP contribution in [0.1, 0.15) is 21.1 Å². The number of carbonyl (C=O) groups is 1. The highest BCUT2D eigenvalue weighted by Crippen LogP contribution is 2.31. The van der Waals surface area contributed by atoms with Crippen molar-refractivity contribution in [3.05, 3.63) is 64.1 Å². The highest BCUT2D eigenvalue weighted by Gasteiger charge is 2.14. The molecule has 3 heterocycles. The Kier molecular flexibility index (Phi) is 5.23. The number of rotatable bonds is 6. The second kappa shape index (κ2) is 7.95. The molecule has 2 N–H and O–H groups in total. The second-order valence-corrected chi connectivity index (χ2v) is 8.12. The maximum absolute atomic E-state index is 12.5. The summed E-state index contributed by atoms with van der Waals surface area (Å²) < 4.78 is 5.24. The first-order valence-corrected chi connectivity index (χ1v) is 10.3. The first kappa shape index (κ1) is 18.4. The standard InChI is InChI=1S/C20H18N4O2S2/c1-12-18(28-20(22-12)17-7-4-8-27-17)11-21-19(25)16-10-15(23-24-16)13-5-3-6-14(9-13)26-2/h3-10H,11H2,1-2H3,(H,21,25)(H,23,24). The molecule has 0 aliphatic rings. The van der Waals surface area contributed by atoms with Crippen LogP contribution in [0.2, 0.25) is 0 Å². The molecule has 0 radical (unpaired) electrons. The van der Waals surface area contributed by atoms with Gasteiger partial charge in [-0.25, -0.2) is 4.98 Å². The van der Waals surface area contributed by atoms with Crippen molar-refractivity contribution in [2.24, 2.45) is 0 Å². The van der Waals surface area contributed by atoms with Gasteiger partial charge in [-0.1, -0.05) is 18.2 Å².